The molecule has 0 aliphatic rings. The fourth-order valence-electron chi connectivity index (χ4n) is 2.19. The van der Waals surface area contributed by atoms with Crippen LogP contribution in [0.4, 0.5) is 4.79 Å². The first-order valence-electron chi connectivity index (χ1n) is 7.49. The third-order valence-electron chi connectivity index (χ3n) is 3.45. The van der Waals surface area contributed by atoms with Crippen molar-refractivity contribution in [2.45, 2.75) is 25.2 Å². The average molecular weight is 329 g/mol. The van der Waals surface area contributed by atoms with E-state index in [2.05, 4.69) is 5.32 Å². The summed E-state index contributed by atoms with van der Waals surface area (Å²) in [6.45, 7) is 0.107. The molecule has 0 aliphatic heterocycles. The molecule has 0 radical (unpaired) electrons. The van der Waals surface area contributed by atoms with Gasteiger partial charge < -0.3 is 20.3 Å². The van der Waals surface area contributed by atoms with Gasteiger partial charge in [0, 0.05) is 6.42 Å². The Kier molecular flexibility index (Phi) is 6.33. The van der Waals surface area contributed by atoms with Crippen molar-refractivity contribution in [3.63, 3.8) is 0 Å². The normalized spacial score (nSPS) is 12.9. The summed E-state index contributed by atoms with van der Waals surface area (Å²) in [6.07, 6.45) is -2.41. The van der Waals surface area contributed by atoms with Gasteiger partial charge in [-0.2, -0.15) is 0 Å². The molecule has 3 N–H and O–H groups in total. The van der Waals surface area contributed by atoms with Crippen molar-refractivity contribution in [3.8, 4) is 0 Å². The SMILES string of the molecule is O=C(NC(CC(O)C(=O)O)c1ccccc1)OCc1ccccc1. The molecule has 0 saturated carbocycles. The molecule has 2 aromatic rings. The van der Waals surface area contributed by atoms with Crippen LogP contribution in [0.3, 0.4) is 0 Å². The highest BCUT2D eigenvalue weighted by Crippen LogP contribution is 2.19. The van der Waals surface area contributed by atoms with Gasteiger partial charge in [0.2, 0.25) is 0 Å². The molecular weight excluding hydrogens is 310 g/mol. The summed E-state index contributed by atoms with van der Waals surface area (Å²) in [7, 11) is 0. The second-order valence-electron chi connectivity index (χ2n) is 5.26. The lowest BCUT2D eigenvalue weighted by atomic mass is 10.0. The van der Waals surface area contributed by atoms with E-state index in [0.29, 0.717) is 5.56 Å². The molecule has 2 atom stereocenters. The number of hydrogen-bond donors (Lipinski definition) is 3. The van der Waals surface area contributed by atoms with E-state index in [1.165, 1.54) is 0 Å². The number of ether oxygens (including phenoxy) is 1. The standard InChI is InChI=1S/C18H19NO5/c20-16(17(21)22)11-15(14-9-5-2-6-10-14)19-18(23)24-12-13-7-3-1-4-8-13/h1-10,15-16,20H,11-12H2,(H,19,23)(H,21,22). The Morgan fingerprint density at radius 1 is 1.00 bits per heavy atom. The van der Waals surface area contributed by atoms with Crippen LogP contribution in [0.5, 0.6) is 0 Å². The number of benzene rings is 2. The molecule has 0 saturated heterocycles. The van der Waals surface area contributed by atoms with Gasteiger partial charge in [-0.15, -0.1) is 0 Å². The fraction of sp³-hybridized carbons (Fsp3) is 0.222. The smallest absolute Gasteiger partial charge is 0.407 e. The van der Waals surface area contributed by atoms with Gasteiger partial charge in [-0.05, 0) is 11.1 Å². The summed E-state index contributed by atoms with van der Waals surface area (Å²) >= 11 is 0. The van der Waals surface area contributed by atoms with Crippen LogP contribution in [-0.2, 0) is 16.1 Å². The lowest BCUT2D eigenvalue weighted by Gasteiger charge is -2.20. The van der Waals surface area contributed by atoms with E-state index in [0.717, 1.165) is 5.56 Å². The van der Waals surface area contributed by atoms with Gasteiger partial charge in [0.1, 0.15) is 6.61 Å². The molecule has 126 valence electrons. The van der Waals surface area contributed by atoms with E-state index in [-0.39, 0.29) is 13.0 Å². The van der Waals surface area contributed by atoms with Crippen LogP contribution < -0.4 is 5.32 Å². The van der Waals surface area contributed by atoms with E-state index in [1.807, 2.05) is 36.4 Å². The maximum atomic E-state index is 12.0. The molecule has 2 rings (SSSR count). The van der Waals surface area contributed by atoms with Gasteiger partial charge in [0.05, 0.1) is 6.04 Å². The van der Waals surface area contributed by atoms with E-state index in [1.54, 1.807) is 24.3 Å². The number of carboxylic acid groups (broad SMARTS) is 1. The van der Waals surface area contributed by atoms with Crippen LogP contribution in [-0.4, -0.2) is 28.4 Å². The van der Waals surface area contributed by atoms with Crippen LogP contribution in [0, 0.1) is 0 Å². The lowest BCUT2D eigenvalue weighted by molar-refractivity contribution is -0.147. The molecular formula is C18H19NO5. The summed E-state index contributed by atoms with van der Waals surface area (Å²) < 4.78 is 5.14. The molecule has 0 aliphatic carbocycles. The highest BCUT2D eigenvalue weighted by atomic mass is 16.5. The number of amides is 1. The molecule has 6 heteroatoms. The Bertz CT molecular complexity index is 660. The molecule has 2 aromatic carbocycles. The van der Waals surface area contributed by atoms with Crippen LogP contribution in [0.15, 0.2) is 60.7 Å². The third kappa shape index (κ3) is 5.40. The first-order valence-corrected chi connectivity index (χ1v) is 7.49. The Balaban J connectivity index is 1.99. The summed E-state index contributed by atoms with van der Waals surface area (Å²) in [5.41, 5.74) is 1.53. The molecule has 1 amide bonds. The van der Waals surface area contributed by atoms with Crippen molar-refractivity contribution >= 4 is 12.1 Å². The molecule has 0 fully saturated rings. The molecule has 0 heterocycles. The molecule has 24 heavy (non-hydrogen) atoms. The van der Waals surface area contributed by atoms with Crippen molar-refractivity contribution in [1.82, 2.24) is 5.32 Å². The van der Waals surface area contributed by atoms with Crippen LogP contribution >= 0.6 is 0 Å². The summed E-state index contributed by atoms with van der Waals surface area (Å²) in [6, 6.07) is 17.4. The van der Waals surface area contributed by atoms with Crippen molar-refractivity contribution in [2.75, 3.05) is 0 Å². The van der Waals surface area contributed by atoms with Crippen molar-refractivity contribution in [1.29, 1.82) is 0 Å². The van der Waals surface area contributed by atoms with E-state index >= 15 is 0 Å². The molecule has 0 aromatic heterocycles. The number of aliphatic hydroxyl groups excluding tert-OH is 1. The first-order chi connectivity index (χ1) is 11.6. The third-order valence-corrected chi connectivity index (χ3v) is 3.45. The van der Waals surface area contributed by atoms with E-state index in [9.17, 15) is 14.7 Å². The minimum Gasteiger partial charge on any atom is -0.479 e. The molecule has 0 bridgehead atoms. The summed E-state index contributed by atoms with van der Waals surface area (Å²) in [4.78, 5) is 22.9. The van der Waals surface area contributed by atoms with Crippen LogP contribution in [0.2, 0.25) is 0 Å². The molecule has 0 spiro atoms. The Morgan fingerprint density at radius 2 is 1.58 bits per heavy atom. The number of aliphatic hydroxyl groups is 1. The van der Waals surface area contributed by atoms with Crippen LogP contribution in [0.25, 0.3) is 0 Å². The lowest BCUT2D eigenvalue weighted by Crippen LogP contribution is -2.33. The zero-order valence-corrected chi connectivity index (χ0v) is 13.0. The fourth-order valence-corrected chi connectivity index (χ4v) is 2.19. The summed E-state index contributed by atoms with van der Waals surface area (Å²) in [5, 5.41) is 21.1. The average Bonchev–Trinajstić information content (AvgIpc) is 2.61. The Morgan fingerprint density at radius 3 is 2.17 bits per heavy atom. The van der Waals surface area contributed by atoms with Gasteiger partial charge in [-0.25, -0.2) is 9.59 Å². The van der Waals surface area contributed by atoms with E-state index in [4.69, 9.17) is 9.84 Å². The Labute approximate surface area is 139 Å². The second-order valence-corrected chi connectivity index (χ2v) is 5.26. The summed E-state index contributed by atoms with van der Waals surface area (Å²) in [5.74, 6) is -1.34. The van der Waals surface area contributed by atoms with Crippen molar-refractivity contribution in [3.05, 3.63) is 71.8 Å². The number of nitrogens with one attached hydrogen (secondary N) is 1. The minimum absolute atomic E-state index is 0.107. The van der Waals surface area contributed by atoms with E-state index < -0.39 is 24.2 Å². The Hall–Kier alpha value is -2.86. The number of carbonyl (C=O) groups is 2. The first kappa shape index (κ1) is 17.5. The quantitative estimate of drug-likeness (QED) is 0.725. The van der Waals surface area contributed by atoms with Gasteiger partial charge in [-0.1, -0.05) is 60.7 Å². The maximum absolute atomic E-state index is 12.0. The zero-order valence-electron chi connectivity index (χ0n) is 13.0. The largest absolute Gasteiger partial charge is 0.479 e. The van der Waals surface area contributed by atoms with Gasteiger partial charge in [0.15, 0.2) is 6.10 Å². The zero-order chi connectivity index (χ0) is 17.4. The monoisotopic (exact) mass is 329 g/mol. The number of alkyl carbamates (subject to hydrolysis) is 1. The minimum atomic E-state index is -1.58. The predicted octanol–water partition coefficient (Wildman–Crippen LogP) is 2.49. The topological polar surface area (TPSA) is 95.9 Å². The number of carbonyl (C=O) groups excluding carboxylic acids is 1. The number of carboxylic acids is 1. The van der Waals surface area contributed by atoms with Gasteiger partial charge in [-0.3, -0.25) is 0 Å². The maximum Gasteiger partial charge on any atom is 0.407 e. The van der Waals surface area contributed by atoms with Gasteiger partial charge in [0.25, 0.3) is 0 Å². The van der Waals surface area contributed by atoms with Crippen molar-refractivity contribution in [2.24, 2.45) is 0 Å². The van der Waals surface area contributed by atoms with Crippen LogP contribution in [0.1, 0.15) is 23.6 Å². The van der Waals surface area contributed by atoms with Crippen molar-refractivity contribution < 1.29 is 24.5 Å². The second kappa shape index (κ2) is 8.69. The highest BCUT2D eigenvalue weighted by Gasteiger charge is 2.23. The molecule has 6 nitrogen and oxygen atoms in total. The highest BCUT2D eigenvalue weighted by molar-refractivity contribution is 5.72. The number of rotatable bonds is 7. The number of aliphatic carboxylic acids is 1. The molecule has 2 unspecified atom stereocenters. The predicted molar refractivity (Wildman–Crippen MR) is 87.2 cm³/mol. The number of hydrogen-bond acceptors (Lipinski definition) is 4. The van der Waals surface area contributed by atoms with Gasteiger partial charge >= 0.3 is 12.1 Å².